The number of carbonyl (C=O) groups is 2. The number of thiazole rings is 1. The zero-order valence-electron chi connectivity index (χ0n) is 9.23. The van der Waals surface area contributed by atoms with Crippen molar-refractivity contribution in [3.05, 3.63) is 10.6 Å². The molecule has 1 saturated heterocycles. The summed E-state index contributed by atoms with van der Waals surface area (Å²) in [5.74, 6) is -1.29. The summed E-state index contributed by atoms with van der Waals surface area (Å²) in [6.07, 6.45) is 1.13. The second-order valence-corrected chi connectivity index (χ2v) is 4.73. The zero-order valence-corrected chi connectivity index (χ0v) is 10.0. The summed E-state index contributed by atoms with van der Waals surface area (Å²) in [5, 5.41) is 11.7. The molecular weight excluding hydrogens is 244 g/mol. The second kappa shape index (κ2) is 4.80. The Morgan fingerprint density at radius 3 is 2.88 bits per heavy atom. The van der Waals surface area contributed by atoms with Gasteiger partial charge in [-0.25, -0.2) is 9.78 Å². The molecule has 0 bridgehead atoms. The molecule has 1 amide bonds. The Bertz CT molecular complexity index is 451. The summed E-state index contributed by atoms with van der Waals surface area (Å²) in [6.45, 7) is 2.19. The van der Waals surface area contributed by atoms with E-state index in [1.54, 1.807) is 6.92 Å². The molecule has 0 radical (unpaired) electrons. The fraction of sp³-hybridized carbons (Fsp3) is 0.500. The lowest BCUT2D eigenvalue weighted by molar-refractivity contribution is -0.124. The molecule has 92 valence electrons. The highest BCUT2D eigenvalue weighted by Gasteiger charge is 2.25. The van der Waals surface area contributed by atoms with Crippen molar-refractivity contribution < 1.29 is 19.4 Å². The van der Waals surface area contributed by atoms with Crippen LogP contribution in [0.4, 0.5) is 5.13 Å². The minimum atomic E-state index is -1.03. The highest BCUT2D eigenvalue weighted by molar-refractivity contribution is 7.17. The third-order valence-corrected chi connectivity index (χ3v) is 3.50. The standard InChI is InChI=1S/C10H12N2O4S/c1-5-7(9(14)15)17-10(11-5)12-8(13)6-3-2-4-16-6/h6H,2-4H2,1H3,(H,14,15)(H,11,12,13). The normalized spacial score (nSPS) is 19.2. The molecule has 7 heteroatoms. The Morgan fingerprint density at radius 2 is 2.35 bits per heavy atom. The van der Waals surface area contributed by atoms with Crippen molar-refractivity contribution >= 4 is 28.3 Å². The van der Waals surface area contributed by atoms with Gasteiger partial charge < -0.3 is 9.84 Å². The van der Waals surface area contributed by atoms with Crippen LogP contribution in [0, 0.1) is 6.92 Å². The summed E-state index contributed by atoms with van der Waals surface area (Å²) in [4.78, 5) is 26.6. The van der Waals surface area contributed by atoms with E-state index in [9.17, 15) is 9.59 Å². The van der Waals surface area contributed by atoms with E-state index in [0.29, 0.717) is 23.9 Å². The molecule has 2 rings (SSSR count). The van der Waals surface area contributed by atoms with Crippen LogP contribution in [0.1, 0.15) is 28.2 Å². The number of hydrogen-bond donors (Lipinski definition) is 2. The summed E-state index contributed by atoms with van der Waals surface area (Å²) in [6, 6.07) is 0. The fourth-order valence-electron chi connectivity index (χ4n) is 1.62. The van der Waals surface area contributed by atoms with Crippen molar-refractivity contribution in [1.29, 1.82) is 0 Å². The van der Waals surface area contributed by atoms with Gasteiger partial charge in [-0.1, -0.05) is 11.3 Å². The first kappa shape index (κ1) is 12.0. The van der Waals surface area contributed by atoms with Crippen LogP contribution < -0.4 is 5.32 Å². The van der Waals surface area contributed by atoms with Crippen LogP contribution in [-0.4, -0.2) is 34.7 Å². The van der Waals surface area contributed by atoms with E-state index >= 15 is 0 Å². The Kier molecular flexibility index (Phi) is 3.39. The Morgan fingerprint density at radius 1 is 1.59 bits per heavy atom. The lowest BCUT2D eigenvalue weighted by atomic mass is 10.2. The molecule has 1 aliphatic rings. The lowest BCUT2D eigenvalue weighted by Crippen LogP contribution is -2.26. The quantitative estimate of drug-likeness (QED) is 0.850. The van der Waals surface area contributed by atoms with E-state index in [4.69, 9.17) is 9.84 Å². The molecule has 1 aromatic heterocycles. The summed E-state index contributed by atoms with van der Waals surface area (Å²) >= 11 is 0.957. The van der Waals surface area contributed by atoms with Gasteiger partial charge in [-0.05, 0) is 19.8 Å². The number of hydrogen-bond acceptors (Lipinski definition) is 5. The maximum absolute atomic E-state index is 11.7. The molecule has 1 aliphatic heterocycles. The highest BCUT2D eigenvalue weighted by atomic mass is 32.1. The first-order chi connectivity index (χ1) is 8.08. The number of carboxylic acid groups (broad SMARTS) is 1. The van der Waals surface area contributed by atoms with Crippen LogP contribution in [0.2, 0.25) is 0 Å². The van der Waals surface area contributed by atoms with Crippen molar-refractivity contribution in [2.75, 3.05) is 11.9 Å². The Labute approximate surface area is 102 Å². The first-order valence-corrected chi connectivity index (χ1v) is 6.03. The van der Waals surface area contributed by atoms with Gasteiger partial charge in [0.25, 0.3) is 5.91 Å². The first-order valence-electron chi connectivity index (χ1n) is 5.21. The third-order valence-electron chi connectivity index (χ3n) is 2.44. The van der Waals surface area contributed by atoms with Crippen LogP contribution in [0.15, 0.2) is 0 Å². The topological polar surface area (TPSA) is 88.5 Å². The average Bonchev–Trinajstić information content (AvgIpc) is 2.86. The van der Waals surface area contributed by atoms with Gasteiger partial charge in [0.05, 0.1) is 5.69 Å². The third kappa shape index (κ3) is 2.62. The number of amides is 1. The molecule has 2 heterocycles. The van der Waals surface area contributed by atoms with E-state index in [1.165, 1.54) is 0 Å². The van der Waals surface area contributed by atoms with Gasteiger partial charge in [0.1, 0.15) is 11.0 Å². The van der Waals surface area contributed by atoms with Gasteiger partial charge in [0, 0.05) is 6.61 Å². The number of carbonyl (C=O) groups excluding carboxylic acids is 1. The number of aryl methyl sites for hydroxylation is 1. The predicted octanol–water partition coefficient (Wildman–Crippen LogP) is 1.27. The molecule has 0 saturated carbocycles. The monoisotopic (exact) mass is 256 g/mol. The van der Waals surface area contributed by atoms with Crippen molar-refractivity contribution in [2.24, 2.45) is 0 Å². The van der Waals surface area contributed by atoms with E-state index in [1.807, 2.05) is 0 Å². The summed E-state index contributed by atoms with van der Waals surface area (Å²) in [5.41, 5.74) is 0.408. The Hall–Kier alpha value is -1.47. The van der Waals surface area contributed by atoms with Gasteiger partial charge in [0.15, 0.2) is 5.13 Å². The lowest BCUT2D eigenvalue weighted by Gasteiger charge is -2.07. The number of nitrogens with zero attached hydrogens (tertiary/aromatic N) is 1. The number of aromatic carboxylic acids is 1. The molecule has 17 heavy (non-hydrogen) atoms. The van der Waals surface area contributed by atoms with Crippen molar-refractivity contribution in [2.45, 2.75) is 25.9 Å². The second-order valence-electron chi connectivity index (χ2n) is 3.73. The molecule has 0 aromatic carbocycles. The summed E-state index contributed by atoms with van der Waals surface area (Å²) < 4.78 is 5.22. The van der Waals surface area contributed by atoms with Crippen molar-refractivity contribution in [3.63, 3.8) is 0 Å². The zero-order chi connectivity index (χ0) is 12.4. The number of rotatable bonds is 3. The molecule has 1 fully saturated rings. The molecule has 1 atom stereocenters. The molecule has 2 N–H and O–H groups in total. The molecular formula is C10H12N2O4S. The van der Waals surface area contributed by atoms with Gasteiger partial charge in [-0.2, -0.15) is 0 Å². The number of anilines is 1. The van der Waals surface area contributed by atoms with E-state index < -0.39 is 12.1 Å². The van der Waals surface area contributed by atoms with E-state index in [-0.39, 0.29) is 10.8 Å². The average molecular weight is 256 g/mol. The van der Waals surface area contributed by atoms with E-state index in [2.05, 4.69) is 10.3 Å². The van der Waals surface area contributed by atoms with Crippen molar-refractivity contribution in [3.8, 4) is 0 Å². The fourth-order valence-corrected chi connectivity index (χ4v) is 2.43. The van der Waals surface area contributed by atoms with Gasteiger partial charge in [-0.3, -0.25) is 10.1 Å². The van der Waals surface area contributed by atoms with Crippen LogP contribution in [0.5, 0.6) is 0 Å². The van der Waals surface area contributed by atoms with Crippen LogP contribution in [0.25, 0.3) is 0 Å². The Balaban J connectivity index is 2.05. The van der Waals surface area contributed by atoms with E-state index in [0.717, 1.165) is 17.8 Å². The van der Waals surface area contributed by atoms with Gasteiger partial charge >= 0.3 is 5.97 Å². The maximum atomic E-state index is 11.7. The number of nitrogens with one attached hydrogen (secondary N) is 1. The smallest absolute Gasteiger partial charge is 0.347 e. The van der Waals surface area contributed by atoms with Gasteiger partial charge in [0.2, 0.25) is 0 Å². The van der Waals surface area contributed by atoms with Gasteiger partial charge in [-0.15, -0.1) is 0 Å². The number of carboxylic acids is 1. The SMILES string of the molecule is Cc1nc(NC(=O)C2CCCO2)sc1C(=O)O. The number of ether oxygens (including phenoxy) is 1. The highest BCUT2D eigenvalue weighted by Crippen LogP contribution is 2.23. The largest absolute Gasteiger partial charge is 0.477 e. The predicted molar refractivity (Wildman–Crippen MR) is 61.4 cm³/mol. The van der Waals surface area contributed by atoms with Crippen LogP contribution in [-0.2, 0) is 9.53 Å². The van der Waals surface area contributed by atoms with Crippen LogP contribution in [0.3, 0.4) is 0 Å². The molecule has 1 aromatic rings. The number of aromatic nitrogens is 1. The molecule has 6 nitrogen and oxygen atoms in total. The van der Waals surface area contributed by atoms with Crippen molar-refractivity contribution in [1.82, 2.24) is 4.98 Å². The molecule has 1 unspecified atom stereocenters. The van der Waals surface area contributed by atoms with Crippen LogP contribution >= 0.6 is 11.3 Å². The molecule has 0 aliphatic carbocycles. The maximum Gasteiger partial charge on any atom is 0.347 e. The minimum Gasteiger partial charge on any atom is -0.477 e. The summed E-state index contributed by atoms with van der Waals surface area (Å²) in [7, 11) is 0. The minimum absolute atomic E-state index is 0.146. The molecule has 0 spiro atoms.